The molecule has 96 valence electrons. The Hall–Kier alpha value is -1.84. The highest BCUT2D eigenvalue weighted by Gasteiger charge is 2.31. The van der Waals surface area contributed by atoms with Gasteiger partial charge in [-0.3, -0.25) is 4.79 Å². The van der Waals surface area contributed by atoms with Gasteiger partial charge in [0.25, 0.3) is 0 Å². The van der Waals surface area contributed by atoms with Gasteiger partial charge in [0.15, 0.2) is 0 Å². The van der Waals surface area contributed by atoms with Crippen LogP contribution >= 0.6 is 0 Å². The predicted molar refractivity (Wildman–Crippen MR) is 68.9 cm³/mol. The molecule has 1 heterocycles. The Morgan fingerprint density at radius 3 is 2.56 bits per heavy atom. The normalized spacial score (nSPS) is 22.5. The molecule has 0 saturated heterocycles. The molecule has 1 aliphatic rings. The van der Waals surface area contributed by atoms with Crippen molar-refractivity contribution in [1.29, 1.82) is 0 Å². The fraction of sp³-hybridized carbons (Fsp3) is 0.429. The lowest BCUT2D eigenvalue weighted by Gasteiger charge is -2.39. The lowest BCUT2D eigenvalue weighted by atomic mass is 9.87. The number of amides is 1. The first-order valence-corrected chi connectivity index (χ1v) is 6.08. The molecule has 4 nitrogen and oxygen atoms in total. The molecular weight excluding hydrogens is 230 g/mol. The molecule has 1 aromatic rings. The van der Waals surface area contributed by atoms with Gasteiger partial charge in [-0.1, -0.05) is 6.92 Å². The van der Waals surface area contributed by atoms with Crippen LogP contribution in [-0.2, 0) is 11.2 Å². The highest BCUT2D eigenvalue weighted by atomic mass is 16.4. The summed E-state index contributed by atoms with van der Waals surface area (Å²) < 4.78 is 0. The van der Waals surface area contributed by atoms with Crippen molar-refractivity contribution in [3.63, 3.8) is 0 Å². The largest absolute Gasteiger partial charge is 0.478 e. The Morgan fingerprint density at radius 2 is 2.00 bits per heavy atom. The summed E-state index contributed by atoms with van der Waals surface area (Å²) in [6.07, 6.45) is 0.807. The number of carbonyl (C=O) groups is 2. The summed E-state index contributed by atoms with van der Waals surface area (Å²) in [5.74, 6) is -0.609. The number of carboxylic acid groups (broad SMARTS) is 1. The van der Waals surface area contributed by atoms with E-state index < -0.39 is 5.97 Å². The van der Waals surface area contributed by atoms with Crippen molar-refractivity contribution in [3.8, 4) is 0 Å². The number of carboxylic acids is 1. The summed E-state index contributed by atoms with van der Waals surface area (Å²) in [5, 5.41) is 9.00. The zero-order valence-corrected chi connectivity index (χ0v) is 10.8. The number of benzene rings is 1. The predicted octanol–water partition coefficient (Wildman–Crippen LogP) is 2.32. The first-order chi connectivity index (χ1) is 8.41. The maximum Gasteiger partial charge on any atom is 0.335 e. The highest BCUT2D eigenvalue weighted by Crippen LogP contribution is 2.34. The number of aromatic carboxylic acids is 1. The molecule has 18 heavy (non-hydrogen) atoms. The van der Waals surface area contributed by atoms with Gasteiger partial charge in [0, 0.05) is 18.7 Å². The fourth-order valence-electron chi connectivity index (χ4n) is 2.56. The molecule has 0 bridgehead atoms. The SMILES string of the molecule is CC(=O)N1c2ccc(C(=O)O)cc2C[C@@H](C)[C@@H]1C. The Labute approximate surface area is 106 Å². The van der Waals surface area contributed by atoms with Gasteiger partial charge < -0.3 is 10.0 Å². The van der Waals surface area contributed by atoms with E-state index in [4.69, 9.17) is 5.11 Å². The number of hydrogen-bond donors (Lipinski definition) is 1. The van der Waals surface area contributed by atoms with Gasteiger partial charge in [0.2, 0.25) is 5.91 Å². The molecule has 2 rings (SSSR count). The second kappa shape index (κ2) is 4.44. The molecule has 1 aromatic carbocycles. The fourth-order valence-corrected chi connectivity index (χ4v) is 2.56. The van der Waals surface area contributed by atoms with E-state index in [9.17, 15) is 9.59 Å². The van der Waals surface area contributed by atoms with E-state index in [0.29, 0.717) is 5.92 Å². The molecule has 0 radical (unpaired) electrons. The summed E-state index contributed by atoms with van der Waals surface area (Å²) in [6.45, 7) is 5.65. The highest BCUT2D eigenvalue weighted by molar-refractivity contribution is 5.95. The van der Waals surface area contributed by atoms with Gasteiger partial charge in [0.05, 0.1) is 5.56 Å². The van der Waals surface area contributed by atoms with E-state index >= 15 is 0 Å². The maximum absolute atomic E-state index is 11.7. The second-order valence-corrected chi connectivity index (χ2v) is 4.96. The van der Waals surface area contributed by atoms with Gasteiger partial charge >= 0.3 is 5.97 Å². The topological polar surface area (TPSA) is 57.6 Å². The lowest BCUT2D eigenvalue weighted by molar-refractivity contribution is -0.117. The lowest BCUT2D eigenvalue weighted by Crippen LogP contribution is -2.45. The van der Waals surface area contributed by atoms with Crippen LogP contribution < -0.4 is 4.90 Å². The Bertz CT molecular complexity index is 510. The van der Waals surface area contributed by atoms with E-state index in [1.54, 1.807) is 30.0 Å². The summed E-state index contributed by atoms with van der Waals surface area (Å²) in [5.41, 5.74) is 2.06. The number of rotatable bonds is 1. The zero-order valence-electron chi connectivity index (χ0n) is 10.8. The Kier molecular flexibility index (Phi) is 3.11. The molecule has 2 atom stereocenters. The summed E-state index contributed by atoms with van der Waals surface area (Å²) in [6, 6.07) is 5.11. The van der Waals surface area contributed by atoms with Crippen molar-refractivity contribution in [2.75, 3.05) is 4.90 Å². The van der Waals surface area contributed by atoms with Crippen molar-refractivity contribution in [2.45, 2.75) is 33.2 Å². The van der Waals surface area contributed by atoms with Crippen LogP contribution in [0.4, 0.5) is 5.69 Å². The third kappa shape index (κ3) is 1.98. The van der Waals surface area contributed by atoms with E-state index in [0.717, 1.165) is 17.7 Å². The van der Waals surface area contributed by atoms with Gasteiger partial charge in [0.1, 0.15) is 0 Å². The minimum absolute atomic E-state index is 0.00150. The average molecular weight is 247 g/mol. The van der Waals surface area contributed by atoms with Crippen molar-refractivity contribution in [1.82, 2.24) is 0 Å². The van der Waals surface area contributed by atoms with Crippen molar-refractivity contribution in [3.05, 3.63) is 29.3 Å². The van der Waals surface area contributed by atoms with Crippen molar-refractivity contribution < 1.29 is 14.7 Å². The molecule has 1 N–H and O–H groups in total. The van der Waals surface area contributed by atoms with Crippen LogP contribution in [0.1, 0.15) is 36.7 Å². The molecule has 0 aromatic heterocycles. The molecule has 0 aliphatic carbocycles. The minimum Gasteiger partial charge on any atom is -0.478 e. The van der Waals surface area contributed by atoms with E-state index in [1.165, 1.54) is 0 Å². The van der Waals surface area contributed by atoms with E-state index in [-0.39, 0.29) is 17.5 Å². The van der Waals surface area contributed by atoms with E-state index in [1.807, 2.05) is 6.92 Å². The summed E-state index contributed by atoms with van der Waals surface area (Å²) >= 11 is 0. The third-order valence-corrected chi connectivity index (χ3v) is 3.70. The Balaban J connectivity index is 2.52. The molecular formula is C14H17NO3. The second-order valence-electron chi connectivity index (χ2n) is 4.96. The molecule has 1 amide bonds. The zero-order chi connectivity index (χ0) is 13.4. The van der Waals surface area contributed by atoms with E-state index in [2.05, 4.69) is 6.92 Å². The number of nitrogens with zero attached hydrogens (tertiary/aromatic N) is 1. The van der Waals surface area contributed by atoms with Crippen LogP contribution in [0.5, 0.6) is 0 Å². The van der Waals surface area contributed by atoms with Crippen LogP contribution in [0, 0.1) is 5.92 Å². The summed E-state index contributed by atoms with van der Waals surface area (Å²) in [7, 11) is 0. The number of hydrogen-bond acceptors (Lipinski definition) is 2. The first-order valence-electron chi connectivity index (χ1n) is 6.08. The molecule has 4 heteroatoms. The maximum atomic E-state index is 11.7. The quantitative estimate of drug-likeness (QED) is 0.828. The van der Waals surface area contributed by atoms with Gasteiger partial charge in [-0.2, -0.15) is 0 Å². The average Bonchev–Trinajstić information content (AvgIpc) is 2.29. The molecule has 0 spiro atoms. The third-order valence-electron chi connectivity index (χ3n) is 3.70. The number of carbonyl (C=O) groups excluding carboxylic acids is 1. The van der Waals surface area contributed by atoms with Crippen LogP contribution in [0.25, 0.3) is 0 Å². The monoisotopic (exact) mass is 247 g/mol. The van der Waals surface area contributed by atoms with Crippen LogP contribution in [0.2, 0.25) is 0 Å². The van der Waals surface area contributed by atoms with Crippen LogP contribution in [-0.4, -0.2) is 23.0 Å². The Morgan fingerprint density at radius 1 is 1.33 bits per heavy atom. The van der Waals surface area contributed by atoms with Crippen LogP contribution in [0.3, 0.4) is 0 Å². The number of fused-ring (bicyclic) bond motifs is 1. The number of anilines is 1. The van der Waals surface area contributed by atoms with Crippen molar-refractivity contribution >= 4 is 17.6 Å². The minimum atomic E-state index is -0.932. The molecule has 0 unspecified atom stereocenters. The smallest absolute Gasteiger partial charge is 0.335 e. The molecule has 0 saturated carbocycles. The van der Waals surface area contributed by atoms with Crippen LogP contribution in [0.15, 0.2) is 18.2 Å². The standard InChI is InChI=1S/C14H17NO3/c1-8-6-12-7-11(14(17)18)4-5-13(12)15(9(8)2)10(3)16/h4-5,7-9H,6H2,1-3H3,(H,17,18)/t8-,9+/m1/s1. The van der Waals surface area contributed by atoms with Crippen molar-refractivity contribution in [2.24, 2.45) is 5.92 Å². The summed E-state index contributed by atoms with van der Waals surface area (Å²) in [4.78, 5) is 24.5. The first kappa shape index (κ1) is 12.6. The van der Waals surface area contributed by atoms with Gasteiger partial charge in [-0.25, -0.2) is 4.79 Å². The molecule has 0 fully saturated rings. The molecule has 1 aliphatic heterocycles. The van der Waals surface area contributed by atoms with Gasteiger partial charge in [-0.05, 0) is 43.0 Å². The van der Waals surface area contributed by atoms with Gasteiger partial charge in [-0.15, -0.1) is 0 Å².